The molecule has 0 saturated carbocycles. The van der Waals surface area contributed by atoms with Crippen molar-refractivity contribution < 1.29 is 19.1 Å². The fourth-order valence-corrected chi connectivity index (χ4v) is 1.96. The quantitative estimate of drug-likeness (QED) is 0.848. The van der Waals surface area contributed by atoms with Crippen LogP contribution in [-0.2, 0) is 11.3 Å². The Bertz CT molecular complexity index is 415. The van der Waals surface area contributed by atoms with Crippen LogP contribution >= 0.6 is 0 Å². The van der Waals surface area contributed by atoms with Crippen LogP contribution in [0, 0.1) is 0 Å². The van der Waals surface area contributed by atoms with Crippen LogP contribution in [0.1, 0.15) is 12.2 Å². The Hall–Kier alpha value is -1.98. The summed E-state index contributed by atoms with van der Waals surface area (Å²) in [6.45, 7) is 0.800. The summed E-state index contributed by atoms with van der Waals surface area (Å²) in [5.74, 6) is -0.197. The minimum atomic E-state index is -0.894. The number of likely N-dealkylation sites (N-methyl/N-ethyl adjacent to an activating group) is 1. The van der Waals surface area contributed by atoms with Crippen LogP contribution in [0.25, 0.3) is 0 Å². The fourth-order valence-electron chi connectivity index (χ4n) is 1.96. The smallest absolute Gasteiger partial charge is 0.320 e. The minimum absolute atomic E-state index is 0.0309. The van der Waals surface area contributed by atoms with Crippen molar-refractivity contribution in [3.05, 3.63) is 24.2 Å². The number of carbonyl (C=O) groups excluding carboxylic acids is 1. The number of aliphatic carboxylic acids is 1. The Labute approximate surface area is 98.4 Å². The predicted octanol–water partition coefficient (Wildman–Crippen LogP) is 0.990. The third-order valence-corrected chi connectivity index (χ3v) is 2.89. The molecule has 1 saturated heterocycles. The second kappa shape index (κ2) is 4.48. The van der Waals surface area contributed by atoms with Gasteiger partial charge < -0.3 is 19.3 Å². The highest BCUT2D eigenvalue weighted by atomic mass is 16.4. The van der Waals surface area contributed by atoms with Gasteiger partial charge in [0.1, 0.15) is 5.76 Å². The normalized spacial score (nSPS) is 20.1. The molecule has 92 valence electrons. The molecule has 1 N–H and O–H groups in total. The first-order valence-electron chi connectivity index (χ1n) is 5.34. The molecule has 0 bridgehead atoms. The van der Waals surface area contributed by atoms with Crippen LogP contribution in [0.4, 0.5) is 4.79 Å². The molecule has 0 radical (unpaired) electrons. The lowest BCUT2D eigenvalue weighted by atomic mass is 10.2. The van der Waals surface area contributed by atoms with E-state index >= 15 is 0 Å². The van der Waals surface area contributed by atoms with Crippen molar-refractivity contribution in [2.24, 2.45) is 0 Å². The van der Waals surface area contributed by atoms with Gasteiger partial charge in [-0.15, -0.1) is 0 Å². The molecule has 1 atom stereocenters. The lowest BCUT2D eigenvalue weighted by molar-refractivity contribution is -0.137. The highest BCUT2D eigenvalue weighted by Crippen LogP contribution is 2.19. The molecule has 0 aliphatic carbocycles. The van der Waals surface area contributed by atoms with Crippen LogP contribution in [0.2, 0.25) is 0 Å². The van der Waals surface area contributed by atoms with Gasteiger partial charge in [-0.2, -0.15) is 0 Å². The molecule has 1 unspecified atom stereocenters. The number of rotatable bonds is 4. The molecule has 2 amide bonds. The van der Waals surface area contributed by atoms with E-state index in [2.05, 4.69) is 0 Å². The Morgan fingerprint density at radius 1 is 1.65 bits per heavy atom. The van der Waals surface area contributed by atoms with Gasteiger partial charge >= 0.3 is 12.0 Å². The van der Waals surface area contributed by atoms with Crippen LogP contribution < -0.4 is 0 Å². The summed E-state index contributed by atoms with van der Waals surface area (Å²) in [7, 11) is 1.62. The van der Waals surface area contributed by atoms with Crippen LogP contribution in [0.15, 0.2) is 22.8 Å². The van der Waals surface area contributed by atoms with Gasteiger partial charge in [0.05, 0.1) is 25.3 Å². The van der Waals surface area contributed by atoms with E-state index in [1.807, 2.05) is 0 Å². The minimum Gasteiger partial charge on any atom is -0.481 e. The van der Waals surface area contributed by atoms with Gasteiger partial charge in [0.2, 0.25) is 0 Å². The molecule has 2 heterocycles. The Balaban J connectivity index is 2.01. The number of hydrogen-bond acceptors (Lipinski definition) is 3. The Kier molecular flexibility index (Phi) is 3.03. The van der Waals surface area contributed by atoms with E-state index in [1.165, 1.54) is 4.90 Å². The molecule has 1 aliphatic rings. The number of urea groups is 1. The fraction of sp³-hybridized carbons (Fsp3) is 0.455. The number of hydrogen-bond donors (Lipinski definition) is 1. The maximum absolute atomic E-state index is 11.8. The summed E-state index contributed by atoms with van der Waals surface area (Å²) in [4.78, 5) is 25.6. The largest absolute Gasteiger partial charge is 0.481 e. The van der Waals surface area contributed by atoms with E-state index in [0.29, 0.717) is 18.8 Å². The van der Waals surface area contributed by atoms with Crippen molar-refractivity contribution in [3.63, 3.8) is 0 Å². The van der Waals surface area contributed by atoms with Crippen LogP contribution in [0.3, 0.4) is 0 Å². The summed E-state index contributed by atoms with van der Waals surface area (Å²) < 4.78 is 5.17. The number of carboxylic acid groups (broad SMARTS) is 1. The van der Waals surface area contributed by atoms with Gasteiger partial charge in [0.15, 0.2) is 0 Å². The van der Waals surface area contributed by atoms with E-state index in [-0.39, 0.29) is 18.5 Å². The van der Waals surface area contributed by atoms with Crippen LogP contribution in [-0.4, -0.2) is 46.5 Å². The topological polar surface area (TPSA) is 74.0 Å². The zero-order valence-electron chi connectivity index (χ0n) is 9.50. The van der Waals surface area contributed by atoms with E-state index in [9.17, 15) is 9.59 Å². The highest BCUT2D eigenvalue weighted by Gasteiger charge is 2.35. The molecule has 1 aromatic rings. The predicted molar refractivity (Wildman–Crippen MR) is 58.3 cm³/mol. The van der Waals surface area contributed by atoms with Gasteiger partial charge in [0.25, 0.3) is 0 Å². The Morgan fingerprint density at radius 3 is 3.00 bits per heavy atom. The first-order chi connectivity index (χ1) is 8.08. The number of furan rings is 1. The molecule has 0 spiro atoms. The SMILES string of the molecule is CN1C(=O)N(Cc2ccco2)CC1CC(=O)O. The van der Waals surface area contributed by atoms with Gasteiger partial charge in [0, 0.05) is 13.6 Å². The van der Waals surface area contributed by atoms with E-state index in [4.69, 9.17) is 9.52 Å². The van der Waals surface area contributed by atoms with Crippen molar-refractivity contribution in [2.75, 3.05) is 13.6 Å². The van der Waals surface area contributed by atoms with Crippen molar-refractivity contribution in [1.29, 1.82) is 0 Å². The Morgan fingerprint density at radius 2 is 2.41 bits per heavy atom. The average molecular weight is 238 g/mol. The zero-order chi connectivity index (χ0) is 12.4. The maximum Gasteiger partial charge on any atom is 0.320 e. The zero-order valence-corrected chi connectivity index (χ0v) is 9.50. The molecular weight excluding hydrogens is 224 g/mol. The summed E-state index contributed by atoms with van der Waals surface area (Å²) >= 11 is 0. The van der Waals surface area contributed by atoms with Gasteiger partial charge in [-0.05, 0) is 12.1 Å². The molecule has 1 fully saturated rings. The molecular formula is C11H14N2O4. The van der Waals surface area contributed by atoms with Gasteiger partial charge in [-0.25, -0.2) is 4.79 Å². The third kappa shape index (κ3) is 2.41. The van der Waals surface area contributed by atoms with Crippen molar-refractivity contribution in [1.82, 2.24) is 9.80 Å². The number of amides is 2. The number of nitrogens with zero attached hydrogens (tertiary/aromatic N) is 2. The van der Waals surface area contributed by atoms with Crippen LogP contribution in [0.5, 0.6) is 0 Å². The monoisotopic (exact) mass is 238 g/mol. The number of carbonyl (C=O) groups is 2. The van der Waals surface area contributed by atoms with Gasteiger partial charge in [-0.1, -0.05) is 0 Å². The highest BCUT2D eigenvalue weighted by molar-refractivity contribution is 5.78. The standard InChI is InChI=1S/C11H14N2O4/c1-12-8(5-10(14)15)6-13(11(12)16)7-9-3-2-4-17-9/h2-4,8H,5-7H2,1H3,(H,14,15). The van der Waals surface area contributed by atoms with Crippen molar-refractivity contribution in [3.8, 4) is 0 Å². The second-order valence-electron chi connectivity index (χ2n) is 4.11. The van der Waals surface area contributed by atoms with Gasteiger partial charge in [-0.3, -0.25) is 4.79 Å². The summed E-state index contributed by atoms with van der Waals surface area (Å²) in [6, 6.07) is 3.12. The molecule has 17 heavy (non-hydrogen) atoms. The lowest BCUT2D eigenvalue weighted by Gasteiger charge is -2.15. The first-order valence-corrected chi connectivity index (χ1v) is 5.34. The summed E-state index contributed by atoms with van der Waals surface area (Å²) in [6.07, 6.45) is 1.52. The second-order valence-corrected chi connectivity index (χ2v) is 4.11. The lowest BCUT2D eigenvalue weighted by Crippen LogP contribution is -2.32. The number of carboxylic acids is 1. The first kappa shape index (κ1) is 11.5. The molecule has 1 aliphatic heterocycles. The summed E-state index contributed by atoms with van der Waals surface area (Å²) in [5, 5.41) is 8.75. The van der Waals surface area contributed by atoms with E-state index < -0.39 is 5.97 Å². The van der Waals surface area contributed by atoms with Crippen molar-refractivity contribution >= 4 is 12.0 Å². The summed E-state index contributed by atoms with van der Waals surface area (Å²) in [5.41, 5.74) is 0. The molecule has 1 aromatic heterocycles. The maximum atomic E-state index is 11.8. The molecule has 6 heteroatoms. The van der Waals surface area contributed by atoms with Crippen molar-refractivity contribution in [2.45, 2.75) is 19.0 Å². The third-order valence-electron chi connectivity index (χ3n) is 2.89. The average Bonchev–Trinajstić information content (AvgIpc) is 2.84. The molecule has 0 aromatic carbocycles. The molecule has 2 rings (SSSR count). The van der Waals surface area contributed by atoms with E-state index in [1.54, 1.807) is 30.3 Å². The van der Waals surface area contributed by atoms with E-state index in [0.717, 1.165) is 0 Å². The molecule has 6 nitrogen and oxygen atoms in total.